The molecule has 0 spiro atoms. The summed E-state index contributed by atoms with van der Waals surface area (Å²) in [6.07, 6.45) is 3.14. The van der Waals surface area contributed by atoms with Crippen LogP contribution < -0.4 is 10.5 Å². The third-order valence-corrected chi connectivity index (χ3v) is 2.86. The van der Waals surface area contributed by atoms with Crippen molar-refractivity contribution in [1.82, 2.24) is 9.78 Å². The largest absolute Gasteiger partial charge is 0.494 e. The second-order valence-electron chi connectivity index (χ2n) is 4.45. The molecule has 0 aliphatic heterocycles. The van der Waals surface area contributed by atoms with Gasteiger partial charge in [0, 0.05) is 17.4 Å². The quantitative estimate of drug-likeness (QED) is 0.650. The Morgan fingerprint density at radius 3 is 2.86 bits per heavy atom. The van der Waals surface area contributed by atoms with Crippen LogP contribution in [0.25, 0.3) is 0 Å². The van der Waals surface area contributed by atoms with Crippen LogP contribution in [0.15, 0.2) is 30.6 Å². The lowest BCUT2D eigenvalue weighted by Gasteiger charge is -2.11. The van der Waals surface area contributed by atoms with Gasteiger partial charge in [0.1, 0.15) is 5.75 Å². The minimum Gasteiger partial charge on any atom is -0.494 e. The zero-order valence-corrected chi connectivity index (χ0v) is 12.2. The summed E-state index contributed by atoms with van der Waals surface area (Å²) in [6, 6.07) is 5.47. The Kier molecular flexibility index (Phi) is 4.81. The van der Waals surface area contributed by atoms with Crippen LogP contribution in [0.1, 0.15) is 29.8 Å². The van der Waals surface area contributed by atoms with Crippen LogP contribution in [0.5, 0.6) is 5.75 Å². The summed E-state index contributed by atoms with van der Waals surface area (Å²) in [5.41, 5.74) is 7.81. The lowest BCUT2D eigenvalue weighted by Crippen LogP contribution is -2.05. The average Bonchev–Trinajstić information content (AvgIpc) is 2.91. The van der Waals surface area contributed by atoms with Crippen molar-refractivity contribution in [3.63, 3.8) is 0 Å². The van der Waals surface area contributed by atoms with E-state index in [-0.39, 0.29) is 5.97 Å². The molecule has 0 fully saturated rings. The summed E-state index contributed by atoms with van der Waals surface area (Å²) in [6.45, 7) is 5.08. The highest BCUT2D eigenvalue weighted by Gasteiger charge is 2.11. The summed E-state index contributed by atoms with van der Waals surface area (Å²) in [5.74, 6) is 0.390. The Bertz CT molecular complexity index is 622. The van der Waals surface area contributed by atoms with Crippen molar-refractivity contribution in [2.75, 3.05) is 18.9 Å². The Labute approximate surface area is 123 Å². The van der Waals surface area contributed by atoms with Gasteiger partial charge in [-0.3, -0.25) is 4.68 Å². The Balaban J connectivity index is 2.18. The second-order valence-corrected chi connectivity index (χ2v) is 4.45. The molecule has 6 nitrogen and oxygen atoms in total. The second kappa shape index (κ2) is 6.78. The van der Waals surface area contributed by atoms with Crippen molar-refractivity contribution in [3.8, 4) is 5.75 Å². The molecule has 1 aromatic carbocycles. The minimum atomic E-state index is -0.374. The number of benzene rings is 1. The fourth-order valence-corrected chi connectivity index (χ4v) is 1.96. The number of nitrogen functional groups attached to an aromatic ring is 1. The number of nitrogens with zero attached hydrogens (tertiary/aromatic N) is 2. The van der Waals surface area contributed by atoms with Crippen molar-refractivity contribution >= 4 is 11.7 Å². The molecule has 0 amide bonds. The summed E-state index contributed by atoms with van der Waals surface area (Å²) in [7, 11) is 0. The third-order valence-electron chi connectivity index (χ3n) is 2.86. The van der Waals surface area contributed by atoms with E-state index >= 15 is 0 Å². The molecule has 0 saturated heterocycles. The molecule has 112 valence electrons. The number of carbonyl (C=O) groups excluding carboxylic acids is 1. The molecule has 0 radical (unpaired) electrons. The van der Waals surface area contributed by atoms with E-state index in [1.807, 2.05) is 19.1 Å². The van der Waals surface area contributed by atoms with E-state index in [4.69, 9.17) is 15.2 Å². The minimum absolute atomic E-state index is 0.341. The highest BCUT2D eigenvalue weighted by molar-refractivity contribution is 5.88. The molecule has 0 aliphatic carbocycles. The molecule has 0 bridgehead atoms. The lowest BCUT2D eigenvalue weighted by molar-refractivity contribution is 0.0526. The number of anilines is 1. The van der Waals surface area contributed by atoms with Crippen LogP contribution in [-0.2, 0) is 11.3 Å². The zero-order chi connectivity index (χ0) is 15.2. The number of esters is 1. The fourth-order valence-electron chi connectivity index (χ4n) is 1.96. The molecule has 2 aromatic rings. The number of rotatable bonds is 6. The van der Waals surface area contributed by atoms with Crippen molar-refractivity contribution in [2.45, 2.75) is 20.4 Å². The number of ether oxygens (including phenoxy) is 2. The Hall–Kier alpha value is -2.50. The first-order chi connectivity index (χ1) is 10.1. The van der Waals surface area contributed by atoms with Gasteiger partial charge in [0.05, 0.1) is 31.5 Å². The highest BCUT2D eigenvalue weighted by atomic mass is 16.5. The number of aromatic nitrogens is 2. The van der Waals surface area contributed by atoms with E-state index in [9.17, 15) is 4.79 Å². The van der Waals surface area contributed by atoms with E-state index < -0.39 is 0 Å². The molecule has 6 heteroatoms. The molecule has 0 atom stereocenters. The molecule has 0 saturated carbocycles. The van der Waals surface area contributed by atoms with Crippen LogP contribution in [0.2, 0.25) is 0 Å². The van der Waals surface area contributed by atoms with Gasteiger partial charge >= 0.3 is 5.97 Å². The van der Waals surface area contributed by atoms with Crippen molar-refractivity contribution in [3.05, 3.63) is 41.7 Å². The van der Waals surface area contributed by atoms with Gasteiger partial charge < -0.3 is 15.2 Å². The third kappa shape index (κ3) is 3.75. The normalized spacial score (nSPS) is 10.4. The van der Waals surface area contributed by atoms with E-state index in [0.29, 0.717) is 31.0 Å². The Morgan fingerprint density at radius 1 is 1.33 bits per heavy atom. The van der Waals surface area contributed by atoms with Crippen LogP contribution in [0.3, 0.4) is 0 Å². The number of hydrogen-bond donors (Lipinski definition) is 1. The van der Waals surface area contributed by atoms with E-state index in [1.54, 1.807) is 23.9 Å². The summed E-state index contributed by atoms with van der Waals surface area (Å²) in [4.78, 5) is 11.6. The van der Waals surface area contributed by atoms with E-state index in [2.05, 4.69) is 5.10 Å². The van der Waals surface area contributed by atoms with Crippen LogP contribution in [0, 0.1) is 0 Å². The van der Waals surface area contributed by atoms with Crippen molar-refractivity contribution < 1.29 is 14.3 Å². The molecule has 0 unspecified atom stereocenters. The van der Waals surface area contributed by atoms with Crippen molar-refractivity contribution in [2.24, 2.45) is 0 Å². The Morgan fingerprint density at radius 2 is 2.14 bits per heavy atom. The first kappa shape index (κ1) is 14.9. The molecule has 21 heavy (non-hydrogen) atoms. The standard InChI is InChI=1S/C15H19N3O3/c1-3-20-14-6-5-13(16)7-11(14)9-18-10-12(8-17-18)15(19)21-4-2/h5-8,10H,3-4,9,16H2,1-2H3. The van der Waals surface area contributed by atoms with Gasteiger partial charge in [0.25, 0.3) is 0 Å². The maximum absolute atomic E-state index is 11.6. The molecule has 2 N–H and O–H groups in total. The average molecular weight is 289 g/mol. The molecule has 1 heterocycles. The summed E-state index contributed by atoms with van der Waals surface area (Å²) in [5, 5.41) is 4.17. The lowest BCUT2D eigenvalue weighted by atomic mass is 10.2. The van der Waals surface area contributed by atoms with Crippen LogP contribution in [-0.4, -0.2) is 29.0 Å². The van der Waals surface area contributed by atoms with Gasteiger partial charge in [0.15, 0.2) is 0 Å². The van der Waals surface area contributed by atoms with Crippen LogP contribution in [0.4, 0.5) is 5.69 Å². The molecule has 0 aliphatic rings. The molecular formula is C15H19N3O3. The van der Waals surface area contributed by atoms with Gasteiger partial charge in [-0.1, -0.05) is 0 Å². The SMILES string of the molecule is CCOC(=O)c1cnn(Cc2cc(N)ccc2OCC)c1. The predicted octanol–water partition coefficient (Wildman–Crippen LogP) is 2.09. The first-order valence-corrected chi connectivity index (χ1v) is 6.84. The van der Waals surface area contributed by atoms with Gasteiger partial charge in [-0.2, -0.15) is 5.10 Å². The fraction of sp³-hybridized carbons (Fsp3) is 0.333. The van der Waals surface area contributed by atoms with Gasteiger partial charge in [-0.25, -0.2) is 4.79 Å². The molecular weight excluding hydrogens is 270 g/mol. The van der Waals surface area contributed by atoms with E-state index in [1.165, 1.54) is 6.20 Å². The monoisotopic (exact) mass is 289 g/mol. The number of nitrogens with two attached hydrogens (primary N) is 1. The molecule has 2 rings (SSSR count). The summed E-state index contributed by atoms with van der Waals surface area (Å²) < 4.78 is 12.2. The highest BCUT2D eigenvalue weighted by Crippen LogP contribution is 2.22. The number of carbonyl (C=O) groups is 1. The topological polar surface area (TPSA) is 79.4 Å². The van der Waals surface area contributed by atoms with Gasteiger partial charge in [-0.05, 0) is 32.0 Å². The molecule has 1 aromatic heterocycles. The van der Waals surface area contributed by atoms with Crippen LogP contribution >= 0.6 is 0 Å². The first-order valence-electron chi connectivity index (χ1n) is 6.84. The summed E-state index contributed by atoms with van der Waals surface area (Å²) >= 11 is 0. The van der Waals surface area contributed by atoms with E-state index in [0.717, 1.165) is 11.3 Å². The number of hydrogen-bond acceptors (Lipinski definition) is 5. The van der Waals surface area contributed by atoms with Crippen molar-refractivity contribution in [1.29, 1.82) is 0 Å². The van der Waals surface area contributed by atoms with Gasteiger partial charge in [-0.15, -0.1) is 0 Å². The zero-order valence-electron chi connectivity index (χ0n) is 12.2. The smallest absolute Gasteiger partial charge is 0.341 e. The van der Waals surface area contributed by atoms with Gasteiger partial charge in [0.2, 0.25) is 0 Å². The maximum Gasteiger partial charge on any atom is 0.341 e. The maximum atomic E-state index is 11.6. The predicted molar refractivity (Wildman–Crippen MR) is 79.3 cm³/mol.